The van der Waals surface area contributed by atoms with Crippen LogP contribution in [-0.4, -0.2) is 6.04 Å². The summed E-state index contributed by atoms with van der Waals surface area (Å²) in [6.07, 6.45) is 7.00. The second kappa shape index (κ2) is 3.36. The number of benzene rings is 1. The molecule has 2 aliphatic rings. The van der Waals surface area contributed by atoms with Crippen molar-refractivity contribution in [1.82, 2.24) is 0 Å². The number of halogens is 1. The normalized spacial score (nSPS) is 32.5. The van der Waals surface area contributed by atoms with Crippen molar-refractivity contribution in [3.63, 3.8) is 0 Å². The maximum absolute atomic E-state index is 6.04. The molecule has 2 heteroatoms. The zero-order chi connectivity index (χ0) is 10.4. The minimum absolute atomic E-state index is 0.480. The Morgan fingerprint density at radius 3 is 3.00 bits per heavy atom. The van der Waals surface area contributed by atoms with Crippen LogP contribution in [0.15, 0.2) is 30.4 Å². The molecule has 3 rings (SSSR count). The summed E-state index contributed by atoms with van der Waals surface area (Å²) in [6.45, 7) is 0. The van der Waals surface area contributed by atoms with Gasteiger partial charge in [-0.15, -0.1) is 0 Å². The van der Waals surface area contributed by atoms with Gasteiger partial charge in [-0.25, -0.2) is 0 Å². The fraction of sp³-hybridized carbons (Fsp3) is 0.385. The molecule has 1 aromatic carbocycles. The van der Waals surface area contributed by atoms with Crippen LogP contribution in [0.2, 0.25) is 5.02 Å². The Morgan fingerprint density at radius 2 is 2.13 bits per heavy atom. The zero-order valence-corrected chi connectivity index (χ0v) is 9.37. The van der Waals surface area contributed by atoms with Crippen LogP contribution in [-0.2, 0) is 6.42 Å². The van der Waals surface area contributed by atoms with Gasteiger partial charge in [0.2, 0.25) is 0 Å². The number of hydrogen-bond donors (Lipinski definition) is 1. The second-order valence-electron chi connectivity index (χ2n) is 4.70. The van der Waals surface area contributed by atoms with E-state index < -0.39 is 0 Å². The van der Waals surface area contributed by atoms with Gasteiger partial charge < -0.3 is 5.73 Å². The summed E-state index contributed by atoms with van der Waals surface area (Å²) in [5.41, 5.74) is 7.10. The average Bonchev–Trinajstić information content (AvgIpc) is 2.23. The molecule has 0 amide bonds. The molecule has 0 heterocycles. The average molecular weight is 221 g/mol. The highest BCUT2D eigenvalue weighted by molar-refractivity contribution is 6.30. The first-order valence-corrected chi connectivity index (χ1v) is 5.91. The van der Waals surface area contributed by atoms with Crippen molar-refractivity contribution in [2.24, 2.45) is 5.92 Å². The van der Waals surface area contributed by atoms with Gasteiger partial charge in [0.15, 0.2) is 0 Å². The Kier molecular flexibility index (Phi) is 2.11. The van der Waals surface area contributed by atoms with Gasteiger partial charge >= 0.3 is 0 Å². The van der Waals surface area contributed by atoms with Gasteiger partial charge in [0.25, 0.3) is 0 Å². The highest BCUT2D eigenvalue weighted by Crippen LogP contribution is 2.40. The largest absolute Gasteiger partial charge is 0.352 e. The summed E-state index contributed by atoms with van der Waals surface area (Å²) >= 11 is 6.04. The van der Waals surface area contributed by atoms with E-state index in [9.17, 15) is 0 Å². The van der Waals surface area contributed by atoms with Crippen molar-refractivity contribution >= 4 is 11.6 Å². The lowest BCUT2D eigenvalue weighted by atomic mass is 9.71. The van der Waals surface area contributed by atoms with Crippen molar-refractivity contribution in [3.8, 4) is 0 Å². The molecule has 3 atom stereocenters. The molecule has 0 aromatic heterocycles. The van der Waals surface area contributed by atoms with E-state index in [1.807, 2.05) is 6.07 Å². The van der Waals surface area contributed by atoms with Gasteiger partial charge in [0, 0.05) is 16.9 Å². The molecule has 0 saturated carbocycles. The number of allylic oxidation sites excluding steroid dienone is 1. The van der Waals surface area contributed by atoms with Crippen molar-refractivity contribution in [1.29, 1.82) is 0 Å². The molecule has 3 N–H and O–H groups in total. The number of fused-ring (bicyclic) bond motifs is 4. The molecule has 2 aliphatic carbocycles. The monoisotopic (exact) mass is 220 g/mol. The smallest absolute Gasteiger partial charge is 0.106 e. The summed E-state index contributed by atoms with van der Waals surface area (Å²) in [6, 6.07) is 6.80. The molecule has 0 radical (unpaired) electrons. The minimum atomic E-state index is 0.480. The first-order chi connectivity index (χ1) is 7.24. The van der Waals surface area contributed by atoms with Gasteiger partial charge in [0.1, 0.15) is 6.04 Å². The minimum Gasteiger partial charge on any atom is -0.352 e. The molecule has 3 unspecified atom stereocenters. The lowest BCUT2D eigenvalue weighted by Gasteiger charge is -2.34. The van der Waals surface area contributed by atoms with Crippen molar-refractivity contribution in [2.45, 2.75) is 24.8 Å². The third kappa shape index (κ3) is 1.51. The van der Waals surface area contributed by atoms with E-state index >= 15 is 0 Å². The standard InChI is InChI=1S/C13H14ClN/c14-11-2-3-12-8-1-4-13(15)10(5-8)6-9(12)7-11/h1-4,7-8,10,13H,5-6,15H2/p+1. The fourth-order valence-electron chi connectivity index (χ4n) is 2.87. The molecule has 0 spiro atoms. The van der Waals surface area contributed by atoms with Gasteiger partial charge in [-0.3, -0.25) is 0 Å². The Hall–Kier alpha value is -0.790. The van der Waals surface area contributed by atoms with E-state index in [4.69, 9.17) is 11.6 Å². The van der Waals surface area contributed by atoms with Gasteiger partial charge in [-0.05, 0) is 42.2 Å². The molecule has 78 valence electrons. The lowest BCUT2D eigenvalue weighted by Crippen LogP contribution is -2.65. The van der Waals surface area contributed by atoms with Crippen LogP contribution in [0, 0.1) is 5.92 Å². The zero-order valence-electron chi connectivity index (χ0n) is 8.62. The highest BCUT2D eigenvalue weighted by atomic mass is 35.5. The third-order valence-electron chi connectivity index (χ3n) is 3.74. The molecule has 2 bridgehead atoms. The Balaban J connectivity index is 2.09. The van der Waals surface area contributed by atoms with E-state index in [0.717, 1.165) is 11.4 Å². The summed E-state index contributed by atoms with van der Waals surface area (Å²) in [7, 11) is 0. The van der Waals surface area contributed by atoms with Gasteiger partial charge in [-0.1, -0.05) is 23.7 Å². The van der Waals surface area contributed by atoms with Crippen LogP contribution < -0.4 is 5.73 Å². The maximum atomic E-state index is 6.04. The van der Waals surface area contributed by atoms with E-state index in [1.54, 1.807) is 0 Å². The molecule has 1 aromatic rings. The lowest BCUT2D eigenvalue weighted by molar-refractivity contribution is -0.418. The van der Waals surface area contributed by atoms with Crippen molar-refractivity contribution < 1.29 is 5.73 Å². The van der Waals surface area contributed by atoms with E-state index in [2.05, 4.69) is 30.0 Å². The molecule has 1 nitrogen and oxygen atoms in total. The van der Waals surface area contributed by atoms with Crippen LogP contribution in [0.5, 0.6) is 0 Å². The van der Waals surface area contributed by atoms with Gasteiger partial charge in [-0.2, -0.15) is 0 Å². The predicted molar refractivity (Wildman–Crippen MR) is 61.8 cm³/mol. The first kappa shape index (κ1) is 9.44. The highest BCUT2D eigenvalue weighted by Gasteiger charge is 2.33. The van der Waals surface area contributed by atoms with Crippen LogP contribution in [0.1, 0.15) is 23.5 Å². The topological polar surface area (TPSA) is 27.6 Å². The van der Waals surface area contributed by atoms with Crippen molar-refractivity contribution in [3.05, 3.63) is 46.5 Å². The number of quaternary nitrogens is 1. The van der Waals surface area contributed by atoms with Crippen LogP contribution in [0.25, 0.3) is 0 Å². The van der Waals surface area contributed by atoms with Gasteiger partial charge in [0.05, 0.1) is 0 Å². The molecule has 0 saturated heterocycles. The molecular formula is C13H15ClN+. The first-order valence-electron chi connectivity index (χ1n) is 5.54. The number of rotatable bonds is 0. The van der Waals surface area contributed by atoms with Crippen LogP contribution in [0.4, 0.5) is 0 Å². The van der Waals surface area contributed by atoms with Crippen LogP contribution >= 0.6 is 11.6 Å². The van der Waals surface area contributed by atoms with Crippen LogP contribution in [0.3, 0.4) is 0 Å². The quantitative estimate of drug-likeness (QED) is 0.649. The summed E-state index contributed by atoms with van der Waals surface area (Å²) in [5, 5.41) is 0.860. The summed E-state index contributed by atoms with van der Waals surface area (Å²) in [4.78, 5) is 0. The van der Waals surface area contributed by atoms with Crippen molar-refractivity contribution in [2.75, 3.05) is 0 Å². The predicted octanol–water partition coefficient (Wildman–Crippen LogP) is 2.17. The second-order valence-corrected chi connectivity index (χ2v) is 5.13. The molecular weight excluding hydrogens is 206 g/mol. The maximum Gasteiger partial charge on any atom is 0.106 e. The Bertz CT molecular complexity index is 425. The van der Waals surface area contributed by atoms with E-state index in [0.29, 0.717) is 17.9 Å². The third-order valence-corrected chi connectivity index (χ3v) is 3.97. The number of hydrogen-bond acceptors (Lipinski definition) is 0. The molecule has 15 heavy (non-hydrogen) atoms. The summed E-state index contributed by atoms with van der Waals surface area (Å²) < 4.78 is 0. The van der Waals surface area contributed by atoms with E-state index in [-0.39, 0.29) is 0 Å². The fourth-order valence-corrected chi connectivity index (χ4v) is 3.07. The summed E-state index contributed by atoms with van der Waals surface area (Å²) in [5.74, 6) is 1.32. The molecule has 0 aliphatic heterocycles. The Morgan fingerprint density at radius 1 is 1.27 bits per heavy atom. The molecule has 0 fully saturated rings. The van der Waals surface area contributed by atoms with E-state index in [1.165, 1.54) is 17.5 Å². The Labute approximate surface area is 94.9 Å². The SMILES string of the molecule is [NH3+]C1C=CC2CC1Cc1cc(Cl)ccc12.